The van der Waals surface area contributed by atoms with Gasteiger partial charge in [0.25, 0.3) is 0 Å². The monoisotopic (exact) mass is 471 g/mol. The molecule has 2 aromatic rings. The summed E-state index contributed by atoms with van der Waals surface area (Å²) in [6, 6.07) is 18.6. The number of benzene rings is 2. The maximum atomic E-state index is 10.0. The first-order valence-corrected chi connectivity index (χ1v) is 12.2. The van der Waals surface area contributed by atoms with Gasteiger partial charge in [0.05, 0.1) is 19.1 Å². The summed E-state index contributed by atoms with van der Waals surface area (Å²) in [4.78, 5) is 2.39. The summed E-state index contributed by atoms with van der Waals surface area (Å²) in [6.07, 6.45) is 2.14. The first kappa shape index (κ1) is 24.4. The molecule has 0 saturated heterocycles. The highest BCUT2D eigenvalue weighted by Crippen LogP contribution is 2.44. The number of rotatable bonds is 7. The van der Waals surface area contributed by atoms with Crippen LogP contribution in [0.15, 0.2) is 76.9 Å². The van der Waals surface area contributed by atoms with E-state index in [1.165, 1.54) is 0 Å². The van der Waals surface area contributed by atoms with Gasteiger partial charge < -0.3 is 19.9 Å². The number of hydrogen-bond donors (Lipinski definition) is 1. The van der Waals surface area contributed by atoms with E-state index in [2.05, 4.69) is 30.9 Å². The highest BCUT2D eigenvalue weighted by atomic mass is 16.5. The van der Waals surface area contributed by atoms with Gasteiger partial charge in [-0.2, -0.15) is 5.26 Å². The van der Waals surface area contributed by atoms with Crippen LogP contribution in [0, 0.1) is 11.3 Å². The predicted molar refractivity (Wildman–Crippen MR) is 138 cm³/mol. The fraction of sp³-hybridized carbons (Fsp3) is 0.345. The minimum absolute atomic E-state index is 0.167. The van der Waals surface area contributed by atoms with E-state index in [4.69, 9.17) is 19.9 Å². The molecule has 182 valence electrons. The van der Waals surface area contributed by atoms with Crippen LogP contribution in [0.3, 0.4) is 0 Å². The van der Waals surface area contributed by atoms with Gasteiger partial charge in [0.15, 0.2) is 0 Å². The van der Waals surface area contributed by atoms with Crippen molar-refractivity contribution < 1.29 is 14.2 Å². The van der Waals surface area contributed by atoms with Crippen LogP contribution in [0.25, 0.3) is 6.08 Å². The average molecular weight is 472 g/mol. The summed E-state index contributed by atoms with van der Waals surface area (Å²) >= 11 is 0. The zero-order chi connectivity index (χ0) is 24.9. The molecule has 2 aromatic carbocycles. The van der Waals surface area contributed by atoms with E-state index in [1.54, 1.807) is 0 Å². The average Bonchev–Trinajstić information content (AvgIpc) is 2.85. The second-order valence-electron chi connectivity index (χ2n) is 8.95. The Morgan fingerprint density at radius 2 is 1.63 bits per heavy atom. The quantitative estimate of drug-likeness (QED) is 0.586. The predicted octanol–water partition coefficient (Wildman–Crippen LogP) is 5.35. The molecule has 0 aromatic heterocycles. The summed E-state index contributed by atoms with van der Waals surface area (Å²) in [5, 5.41) is 10.0. The van der Waals surface area contributed by atoms with Crippen molar-refractivity contribution in [1.82, 2.24) is 4.90 Å². The van der Waals surface area contributed by atoms with Crippen LogP contribution in [0.1, 0.15) is 44.7 Å². The Morgan fingerprint density at radius 1 is 1.03 bits per heavy atom. The minimum Gasteiger partial charge on any atom is -0.494 e. The van der Waals surface area contributed by atoms with Crippen LogP contribution in [0.5, 0.6) is 11.5 Å². The molecule has 0 bridgehead atoms. The lowest BCUT2D eigenvalue weighted by atomic mass is 9.80. The molecule has 2 N–H and O–H groups in total. The fourth-order valence-corrected chi connectivity index (χ4v) is 4.59. The first-order valence-electron chi connectivity index (χ1n) is 12.2. The molecular weight excluding hydrogens is 438 g/mol. The Morgan fingerprint density at radius 3 is 2.17 bits per heavy atom. The standard InChI is InChI=1S/C29H33N3O3/c1-5-33-23-11-7-20(8-12-23)15-22-17-32(19(3)4)18-26-27(25(16-30)29(31)35-28(22)26)21-9-13-24(14-10-21)34-6-2/h7-15,19,27H,5-6,17-18,31H2,1-4H3. The molecule has 1 unspecified atom stereocenters. The van der Waals surface area contributed by atoms with Crippen molar-refractivity contribution in [3.05, 3.63) is 88.0 Å². The summed E-state index contributed by atoms with van der Waals surface area (Å²) in [5.74, 6) is 2.31. The maximum absolute atomic E-state index is 10.0. The molecule has 6 heteroatoms. The van der Waals surface area contributed by atoms with Gasteiger partial charge in [-0.1, -0.05) is 24.3 Å². The van der Waals surface area contributed by atoms with Gasteiger partial charge in [-0.05, 0) is 74.7 Å². The van der Waals surface area contributed by atoms with Crippen LogP contribution in [0.2, 0.25) is 0 Å². The van der Waals surface area contributed by atoms with Crippen LogP contribution < -0.4 is 15.2 Å². The highest BCUT2D eigenvalue weighted by molar-refractivity contribution is 5.63. The topological polar surface area (TPSA) is 80.7 Å². The molecule has 2 heterocycles. The van der Waals surface area contributed by atoms with Gasteiger partial charge in [-0.25, -0.2) is 0 Å². The van der Waals surface area contributed by atoms with Crippen molar-refractivity contribution in [1.29, 1.82) is 5.26 Å². The number of nitrogens with two attached hydrogens (primary N) is 1. The SMILES string of the molecule is CCOc1ccc(C=C2CN(C(C)C)CC3=C2OC(N)=C(C#N)C3c2ccc(OCC)cc2)cc1. The number of ether oxygens (including phenoxy) is 3. The Balaban J connectivity index is 1.80. The van der Waals surface area contributed by atoms with Crippen molar-refractivity contribution in [2.45, 2.75) is 39.7 Å². The van der Waals surface area contributed by atoms with Crippen LogP contribution >= 0.6 is 0 Å². The fourth-order valence-electron chi connectivity index (χ4n) is 4.59. The van der Waals surface area contributed by atoms with Crippen molar-refractivity contribution >= 4 is 6.08 Å². The lowest BCUT2D eigenvalue weighted by Crippen LogP contribution is -2.41. The van der Waals surface area contributed by atoms with E-state index in [0.717, 1.165) is 46.1 Å². The van der Waals surface area contributed by atoms with E-state index in [0.29, 0.717) is 31.4 Å². The number of nitrogens with zero attached hydrogens (tertiary/aromatic N) is 2. The van der Waals surface area contributed by atoms with Gasteiger partial charge >= 0.3 is 0 Å². The number of allylic oxidation sites excluding steroid dienone is 1. The van der Waals surface area contributed by atoms with Gasteiger partial charge in [0.1, 0.15) is 28.9 Å². The second-order valence-corrected chi connectivity index (χ2v) is 8.95. The summed E-state index contributed by atoms with van der Waals surface area (Å²) in [5.41, 5.74) is 10.9. The Labute approximate surface area is 207 Å². The van der Waals surface area contributed by atoms with Gasteiger partial charge in [0, 0.05) is 24.7 Å². The summed E-state index contributed by atoms with van der Waals surface area (Å²) in [6.45, 7) is 11.0. The van der Waals surface area contributed by atoms with E-state index >= 15 is 0 Å². The summed E-state index contributed by atoms with van der Waals surface area (Å²) in [7, 11) is 0. The van der Waals surface area contributed by atoms with E-state index < -0.39 is 0 Å². The zero-order valence-corrected chi connectivity index (χ0v) is 20.9. The van der Waals surface area contributed by atoms with Crippen LogP contribution in [-0.4, -0.2) is 37.2 Å². The number of hydrogen-bond acceptors (Lipinski definition) is 6. The molecule has 0 fully saturated rings. The summed E-state index contributed by atoms with van der Waals surface area (Å²) < 4.78 is 17.4. The van der Waals surface area contributed by atoms with Gasteiger partial charge in [-0.15, -0.1) is 0 Å². The lowest BCUT2D eigenvalue weighted by molar-refractivity contribution is 0.208. The highest BCUT2D eigenvalue weighted by Gasteiger charge is 2.38. The van der Waals surface area contributed by atoms with Crippen LogP contribution in [-0.2, 0) is 4.74 Å². The largest absolute Gasteiger partial charge is 0.494 e. The second kappa shape index (κ2) is 10.7. The zero-order valence-electron chi connectivity index (χ0n) is 20.9. The van der Waals surface area contributed by atoms with E-state index in [-0.39, 0.29) is 11.8 Å². The molecule has 2 aliphatic heterocycles. The lowest BCUT2D eigenvalue weighted by Gasteiger charge is -2.40. The molecule has 4 rings (SSSR count). The Hall–Kier alpha value is -3.69. The normalized spacial score (nSPS) is 19.4. The third-order valence-corrected chi connectivity index (χ3v) is 6.35. The molecule has 35 heavy (non-hydrogen) atoms. The van der Waals surface area contributed by atoms with Crippen molar-refractivity contribution in [2.24, 2.45) is 5.73 Å². The minimum atomic E-state index is -0.273. The molecule has 0 aliphatic carbocycles. The van der Waals surface area contributed by atoms with Crippen molar-refractivity contribution in [2.75, 3.05) is 26.3 Å². The Kier molecular flexibility index (Phi) is 7.48. The van der Waals surface area contributed by atoms with Crippen molar-refractivity contribution in [3.63, 3.8) is 0 Å². The van der Waals surface area contributed by atoms with Crippen molar-refractivity contribution in [3.8, 4) is 17.6 Å². The maximum Gasteiger partial charge on any atom is 0.205 e. The molecule has 1 atom stereocenters. The van der Waals surface area contributed by atoms with E-state index in [1.807, 2.05) is 62.4 Å². The molecule has 2 aliphatic rings. The smallest absolute Gasteiger partial charge is 0.205 e. The first-order chi connectivity index (χ1) is 16.9. The molecule has 0 amide bonds. The third kappa shape index (κ3) is 5.21. The number of nitriles is 1. The van der Waals surface area contributed by atoms with Gasteiger partial charge in [-0.3, -0.25) is 4.90 Å². The Bertz CT molecular complexity index is 1190. The van der Waals surface area contributed by atoms with Crippen LogP contribution in [0.4, 0.5) is 0 Å². The molecule has 0 spiro atoms. The third-order valence-electron chi connectivity index (χ3n) is 6.35. The molecule has 6 nitrogen and oxygen atoms in total. The molecular formula is C29H33N3O3. The van der Waals surface area contributed by atoms with Gasteiger partial charge in [0.2, 0.25) is 5.88 Å². The molecule has 0 radical (unpaired) electrons. The van der Waals surface area contributed by atoms with E-state index in [9.17, 15) is 5.26 Å². The molecule has 0 saturated carbocycles.